The van der Waals surface area contributed by atoms with E-state index < -0.39 is 0 Å². The molecule has 0 fully saturated rings. The van der Waals surface area contributed by atoms with E-state index in [4.69, 9.17) is 24.3 Å². The second-order valence-electron chi connectivity index (χ2n) is 9.00. The van der Waals surface area contributed by atoms with Crippen LogP contribution in [0.3, 0.4) is 0 Å². The summed E-state index contributed by atoms with van der Waals surface area (Å²) in [5, 5.41) is 8.09. The van der Waals surface area contributed by atoms with E-state index in [9.17, 15) is 0 Å². The normalized spacial score (nSPS) is 11.1. The van der Waals surface area contributed by atoms with E-state index in [0.717, 1.165) is 50.2 Å². The van der Waals surface area contributed by atoms with Gasteiger partial charge >= 0.3 is 0 Å². The van der Waals surface area contributed by atoms with Gasteiger partial charge in [-0.1, -0.05) is 48.5 Å². The lowest BCUT2D eigenvalue weighted by atomic mass is 9.98. The number of ether oxygens (including phenoxy) is 3. The molecule has 6 aromatic rings. The maximum Gasteiger partial charge on any atom is 0.164 e. The topological polar surface area (TPSA) is 58.4 Å². The van der Waals surface area contributed by atoms with Gasteiger partial charge in [0, 0.05) is 22.8 Å². The fourth-order valence-corrected chi connectivity index (χ4v) is 4.91. The van der Waals surface area contributed by atoms with Crippen molar-refractivity contribution in [3.05, 3.63) is 108 Å². The fraction of sp³-hybridized carbons (Fsp3) is 0.125. The molecular formula is C32H27N3O3. The van der Waals surface area contributed by atoms with Crippen molar-refractivity contribution in [2.45, 2.75) is 6.42 Å². The Labute approximate surface area is 221 Å². The highest BCUT2D eigenvalue weighted by Gasteiger charge is 2.22. The minimum absolute atomic E-state index is 0.649. The van der Waals surface area contributed by atoms with Gasteiger partial charge in [0.05, 0.1) is 43.8 Å². The molecule has 2 heterocycles. The second-order valence-corrected chi connectivity index (χ2v) is 9.00. The van der Waals surface area contributed by atoms with Crippen molar-refractivity contribution in [2.24, 2.45) is 0 Å². The molecule has 0 unspecified atom stereocenters. The third-order valence-corrected chi connectivity index (χ3v) is 6.78. The summed E-state index contributed by atoms with van der Waals surface area (Å²) < 4.78 is 18.8. The smallest absolute Gasteiger partial charge is 0.164 e. The van der Waals surface area contributed by atoms with Gasteiger partial charge in [-0.15, -0.1) is 0 Å². The standard InChI is InChI=1S/C32H27N3O3/c1-36-24-16-14-22(15-17-24)31-26-20-29(38-3)28(37-2)19-25(26)30-27(18-21-10-6-4-7-11-21)34-35(32(30)33-31)23-12-8-5-9-13-23/h4-17,19-20H,18H2,1-3H3. The van der Waals surface area contributed by atoms with Crippen LogP contribution in [0.2, 0.25) is 0 Å². The zero-order chi connectivity index (χ0) is 26.1. The monoisotopic (exact) mass is 501 g/mol. The number of hydrogen-bond acceptors (Lipinski definition) is 5. The molecule has 0 aliphatic rings. The molecule has 0 spiro atoms. The van der Waals surface area contributed by atoms with Crippen molar-refractivity contribution < 1.29 is 14.2 Å². The molecule has 6 rings (SSSR count). The first kappa shape index (κ1) is 23.6. The molecule has 6 nitrogen and oxygen atoms in total. The zero-order valence-electron chi connectivity index (χ0n) is 21.5. The van der Waals surface area contributed by atoms with Gasteiger partial charge in [-0.3, -0.25) is 0 Å². The van der Waals surface area contributed by atoms with E-state index in [1.807, 2.05) is 77.5 Å². The first-order valence-electron chi connectivity index (χ1n) is 12.4. The summed E-state index contributed by atoms with van der Waals surface area (Å²) in [6.07, 6.45) is 0.671. The highest BCUT2D eigenvalue weighted by atomic mass is 16.5. The number of nitrogens with zero attached hydrogens (tertiary/aromatic N) is 3. The summed E-state index contributed by atoms with van der Waals surface area (Å²) in [5.74, 6) is 2.10. The number of para-hydroxylation sites is 1. The van der Waals surface area contributed by atoms with E-state index in [1.54, 1.807) is 21.3 Å². The Morgan fingerprint density at radius 2 is 1.32 bits per heavy atom. The maximum absolute atomic E-state index is 5.73. The molecule has 38 heavy (non-hydrogen) atoms. The summed E-state index contributed by atoms with van der Waals surface area (Å²) in [4.78, 5) is 5.26. The molecule has 0 saturated carbocycles. The van der Waals surface area contributed by atoms with Gasteiger partial charge in [0.25, 0.3) is 0 Å². The van der Waals surface area contributed by atoms with E-state index in [1.165, 1.54) is 5.56 Å². The molecule has 0 atom stereocenters. The Kier molecular flexibility index (Phi) is 6.14. The van der Waals surface area contributed by atoms with Crippen LogP contribution >= 0.6 is 0 Å². The number of aromatic nitrogens is 3. The number of rotatable bonds is 7. The van der Waals surface area contributed by atoms with E-state index >= 15 is 0 Å². The number of benzene rings is 4. The van der Waals surface area contributed by atoms with Crippen LogP contribution in [0.1, 0.15) is 11.3 Å². The largest absolute Gasteiger partial charge is 0.497 e. The summed E-state index contributed by atoms with van der Waals surface area (Å²) in [6.45, 7) is 0. The Morgan fingerprint density at radius 3 is 1.95 bits per heavy atom. The molecule has 0 aliphatic heterocycles. The summed E-state index contributed by atoms with van der Waals surface area (Å²) >= 11 is 0. The molecule has 2 aromatic heterocycles. The zero-order valence-corrected chi connectivity index (χ0v) is 21.5. The molecule has 0 saturated heterocycles. The van der Waals surface area contributed by atoms with Gasteiger partial charge in [-0.25, -0.2) is 9.67 Å². The van der Waals surface area contributed by atoms with Crippen LogP contribution in [0.5, 0.6) is 17.2 Å². The number of pyridine rings is 1. The van der Waals surface area contributed by atoms with E-state index in [-0.39, 0.29) is 0 Å². The lowest BCUT2D eigenvalue weighted by Gasteiger charge is -2.14. The van der Waals surface area contributed by atoms with Gasteiger partial charge in [-0.2, -0.15) is 5.10 Å². The van der Waals surface area contributed by atoms with Crippen LogP contribution < -0.4 is 14.2 Å². The molecule has 0 amide bonds. The van der Waals surface area contributed by atoms with Crippen LogP contribution in [0, 0.1) is 0 Å². The van der Waals surface area contributed by atoms with Crippen molar-refractivity contribution in [3.63, 3.8) is 0 Å². The Hall–Kier alpha value is -4.84. The third-order valence-electron chi connectivity index (χ3n) is 6.78. The number of fused-ring (bicyclic) bond motifs is 3. The quantitative estimate of drug-likeness (QED) is 0.239. The lowest BCUT2D eigenvalue weighted by Crippen LogP contribution is -1.99. The van der Waals surface area contributed by atoms with Crippen LogP contribution in [0.4, 0.5) is 0 Å². The first-order chi connectivity index (χ1) is 18.7. The molecule has 4 aromatic carbocycles. The van der Waals surface area contributed by atoms with Gasteiger partial charge in [0.2, 0.25) is 0 Å². The van der Waals surface area contributed by atoms with Gasteiger partial charge < -0.3 is 14.2 Å². The Balaban J connectivity index is 1.72. The average molecular weight is 502 g/mol. The molecular weight excluding hydrogens is 474 g/mol. The second kappa shape index (κ2) is 9.90. The minimum Gasteiger partial charge on any atom is -0.497 e. The van der Waals surface area contributed by atoms with Crippen LogP contribution in [0.15, 0.2) is 97.1 Å². The number of methoxy groups -OCH3 is 3. The highest BCUT2D eigenvalue weighted by molar-refractivity contribution is 6.12. The Morgan fingerprint density at radius 1 is 0.684 bits per heavy atom. The molecule has 0 radical (unpaired) electrons. The third kappa shape index (κ3) is 4.10. The van der Waals surface area contributed by atoms with Crippen LogP contribution in [-0.2, 0) is 6.42 Å². The molecule has 6 heteroatoms. The van der Waals surface area contributed by atoms with Gasteiger partial charge in [-0.05, 0) is 54.1 Å². The lowest BCUT2D eigenvalue weighted by molar-refractivity contribution is 0.356. The first-order valence-corrected chi connectivity index (χ1v) is 12.4. The van der Waals surface area contributed by atoms with Crippen LogP contribution in [-0.4, -0.2) is 36.1 Å². The molecule has 0 N–H and O–H groups in total. The minimum atomic E-state index is 0.649. The SMILES string of the molecule is COc1ccc(-c2nc3c(c(Cc4ccccc4)nn3-c3ccccc3)c3cc(OC)c(OC)cc23)cc1. The summed E-state index contributed by atoms with van der Waals surface area (Å²) in [5.41, 5.74) is 5.66. The van der Waals surface area contributed by atoms with Crippen molar-refractivity contribution in [3.8, 4) is 34.2 Å². The predicted molar refractivity (Wildman–Crippen MR) is 151 cm³/mol. The highest BCUT2D eigenvalue weighted by Crippen LogP contribution is 2.41. The fourth-order valence-electron chi connectivity index (χ4n) is 4.91. The van der Waals surface area contributed by atoms with Crippen molar-refractivity contribution in [2.75, 3.05) is 21.3 Å². The van der Waals surface area contributed by atoms with E-state index in [2.05, 4.69) is 24.3 Å². The van der Waals surface area contributed by atoms with Crippen molar-refractivity contribution >= 4 is 21.8 Å². The van der Waals surface area contributed by atoms with Gasteiger partial charge in [0.15, 0.2) is 17.1 Å². The van der Waals surface area contributed by atoms with Crippen molar-refractivity contribution in [1.29, 1.82) is 0 Å². The molecule has 0 aliphatic carbocycles. The predicted octanol–water partition coefficient (Wildman–Crippen LogP) is 6.86. The van der Waals surface area contributed by atoms with Crippen LogP contribution in [0.25, 0.3) is 38.8 Å². The number of hydrogen-bond donors (Lipinski definition) is 0. The van der Waals surface area contributed by atoms with Gasteiger partial charge in [0.1, 0.15) is 5.75 Å². The van der Waals surface area contributed by atoms with Crippen molar-refractivity contribution in [1.82, 2.24) is 14.8 Å². The van der Waals surface area contributed by atoms with E-state index in [0.29, 0.717) is 17.9 Å². The summed E-state index contributed by atoms with van der Waals surface area (Å²) in [7, 11) is 4.97. The Bertz CT molecular complexity index is 1730. The average Bonchev–Trinajstić information content (AvgIpc) is 3.35. The maximum atomic E-state index is 5.73. The molecule has 188 valence electrons. The molecule has 0 bridgehead atoms. The summed E-state index contributed by atoms with van der Waals surface area (Å²) in [6, 6.07) is 32.5.